The molecule has 0 aliphatic carbocycles. The molecule has 1 aromatic rings. The summed E-state index contributed by atoms with van der Waals surface area (Å²) in [6.45, 7) is 0.0810. The van der Waals surface area contributed by atoms with Gasteiger partial charge in [0.15, 0.2) is 0 Å². The van der Waals surface area contributed by atoms with Crippen molar-refractivity contribution in [3.8, 4) is 5.75 Å². The maximum atomic E-state index is 11.5. The van der Waals surface area contributed by atoms with Gasteiger partial charge >= 0.3 is 5.97 Å². The highest BCUT2D eigenvalue weighted by Crippen LogP contribution is 2.26. The Morgan fingerprint density at radius 1 is 1.42 bits per heavy atom. The highest BCUT2D eigenvalue weighted by Gasteiger charge is 2.15. The summed E-state index contributed by atoms with van der Waals surface area (Å²) in [5.41, 5.74) is 2.00. The third-order valence-electron chi connectivity index (χ3n) is 2.86. The smallest absolute Gasteiger partial charge is 0.318 e. The van der Waals surface area contributed by atoms with E-state index in [2.05, 4.69) is 0 Å². The largest absolute Gasteiger partial charge is 0.493 e. The van der Waals surface area contributed by atoms with Crippen molar-refractivity contribution in [2.75, 3.05) is 18.9 Å². The van der Waals surface area contributed by atoms with Crippen LogP contribution < -0.4 is 9.46 Å². The summed E-state index contributed by atoms with van der Waals surface area (Å²) in [4.78, 5) is 10.3. The van der Waals surface area contributed by atoms with Crippen LogP contribution in [0.2, 0.25) is 0 Å². The highest BCUT2D eigenvalue weighted by atomic mass is 32.2. The van der Waals surface area contributed by atoms with Crippen molar-refractivity contribution >= 4 is 16.0 Å². The molecule has 0 fully saturated rings. The van der Waals surface area contributed by atoms with Crippen LogP contribution in [0, 0.1) is 0 Å². The number of nitrogens with one attached hydrogen (secondary N) is 1. The second-order valence-electron chi connectivity index (χ2n) is 4.32. The van der Waals surface area contributed by atoms with Crippen molar-refractivity contribution in [3.05, 3.63) is 29.3 Å². The summed E-state index contributed by atoms with van der Waals surface area (Å²) in [6, 6.07) is 5.61. The zero-order chi connectivity index (χ0) is 13.9. The van der Waals surface area contributed by atoms with E-state index >= 15 is 0 Å². The Kier molecular flexibility index (Phi) is 4.06. The van der Waals surface area contributed by atoms with Crippen molar-refractivity contribution in [1.29, 1.82) is 0 Å². The molecule has 0 saturated heterocycles. The zero-order valence-electron chi connectivity index (χ0n) is 10.3. The van der Waals surface area contributed by atoms with Crippen LogP contribution in [-0.2, 0) is 27.7 Å². The van der Waals surface area contributed by atoms with Crippen molar-refractivity contribution in [3.63, 3.8) is 0 Å². The maximum absolute atomic E-state index is 11.5. The minimum Gasteiger partial charge on any atom is -0.493 e. The third kappa shape index (κ3) is 3.93. The van der Waals surface area contributed by atoms with Gasteiger partial charge in [0.25, 0.3) is 0 Å². The minimum absolute atomic E-state index is 0.125. The number of ether oxygens (including phenoxy) is 1. The molecule has 0 spiro atoms. The van der Waals surface area contributed by atoms with Gasteiger partial charge in [0.1, 0.15) is 12.3 Å². The summed E-state index contributed by atoms with van der Waals surface area (Å²) in [7, 11) is -3.55. The average Bonchev–Trinajstić information content (AvgIpc) is 2.81. The van der Waals surface area contributed by atoms with E-state index in [1.54, 1.807) is 0 Å². The second kappa shape index (κ2) is 5.58. The van der Waals surface area contributed by atoms with Crippen LogP contribution in [0.5, 0.6) is 5.75 Å². The summed E-state index contributed by atoms with van der Waals surface area (Å²) in [6.07, 6.45) is 1.19. The van der Waals surface area contributed by atoms with Gasteiger partial charge in [-0.15, -0.1) is 0 Å². The van der Waals surface area contributed by atoms with E-state index in [1.807, 2.05) is 22.9 Å². The van der Waals surface area contributed by atoms with E-state index in [1.165, 1.54) is 0 Å². The summed E-state index contributed by atoms with van der Waals surface area (Å²) >= 11 is 0. The molecule has 2 rings (SSSR count). The van der Waals surface area contributed by atoms with Gasteiger partial charge in [-0.05, 0) is 23.6 Å². The fraction of sp³-hybridized carbons (Fsp3) is 0.417. The quantitative estimate of drug-likeness (QED) is 0.777. The summed E-state index contributed by atoms with van der Waals surface area (Å²) in [5.74, 6) is -0.464. The Labute approximate surface area is 111 Å². The first-order chi connectivity index (χ1) is 8.96. The SMILES string of the molecule is O=C(O)CNS(=O)(=O)CCc1ccc2c(c1)CCO2. The molecule has 0 unspecified atom stereocenters. The number of carbonyl (C=O) groups is 1. The lowest BCUT2D eigenvalue weighted by Gasteiger charge is -2.06. The molecule has 6 nitrogen and oxygen atoms in total. The number of hydrogen-bond donors (Lipinski definition) is 2. The van der Waals surface area contributed by atoms with Gasteiger partial charge in [0.05, 0.1) is 12.4 Å². The Morgan fingerprint density at radius 2 is 2.21 bits per heavy atom. The normalized spacial score (nSPS) is 13.9. The maximum Gasteiger partial charge on any atom is 0.318 e. The van der Waals surface area contributed by atoms with Gasteiger partial charge in [-0.3, -0.25) is 4.79 Å². The lowest BCUT2D eigenvalue weighted by atomic mass is 10.1. The lowest BCUT2D eigenvalue weighted by molar-refractivity contribution is -0.135. The molecule has 1 aliphatic rings. The molecule has 0 radical (unpaired) electrons. The van der Waals surface area contributed by atoms with Crippen molar-refractivity contribution in [2.45, 2.75) is 12.8 Å². The average molecular weight is 285 g/mol. The Morgan fingerprint density at radius 3 is 2.95 bits per heavy atom. The molecule has 2 N–H and O–H groups in total. The Hall–Kier alpha value is -1.60. The molecule has 0 bridgehead atoms. The number of fused-ring (bicyclic) bond motifs is 1. The van der Waals surface area contributed by atoms with Crippen molar-refractivity contribution < 1.29 is 23.1 Å². The molecule has 1 aliphatic heterocycles. The van der Waals surface area contributed by atoms with Crippen LogP contribution in [0.1, 0.15) is 11.1 Å². The monoisotopic (exact) mass is 285 g/mol. The Balaban J connectivity index is 1.93. The number of rotatable bonds is 6. The number of aryl methyl sites for hydroxylation is 1. The first-order valence-electron chi connectivity index (χ1n) is 5.90. The van der Waals surface area contributed by atoms with Gasteiger partial charge in [-0.25, -0.2) is 13.1 Å². The van der Waals surface area contributed by atoms with Crippen LogP contribution in [0.25, 0.3) is 0 Å². The van der Waals surface area contributed by atoms with E-state index in [0.717, 1.165) is 23.3 Å². The van der Waals surface area contributed by atoms with E-state index in [9.17, 15) is 13.2 Å². The van der Waals surface area contributed by atoms with Gasteiger partial charge < -0.3 is 9.84 Å². The highest BCUT2D eigenvalue weighted by molar-refractivity contribution is 7.89. The van der Waals surface area contributed by atoms with Crippen LogP contribution >= 0.6 is 0 Å². The molecule has 104 valence electrons. The lowest BCUT2D eigenvalue weighted by Crippen LogP contribution is -2.31. The molecule has 0 atom stereocenters. The molecule has 0 saturated carbocycles. The fourth-order valence-electron chi connectivity index (χ4n) is 1.89. The summed E-state index contributed by atoms with van der Waals surface area (Å²) < 4.78 is 30.5. The zero-order valence-corrected chi connectivity index (χ0v) is 11.1. The predicted molar refractivity (Wildman–Crippen MR) is 68.8 cm³/mol. The predicted octanol–water partition coefficient (Wildman–Crippen LogP) is 0.168. The van der Waals surface area contributed by atoms with Crippen molar-refractivity contribution in [1.82, 2.24) is 4.72 Å². The number of hydrogen-bond acceptors (Lipinski definition) is 4. The van der Waals surface area contributed by atoms with Crippen molar-refractivity contribution in [2.24, 2.45) is 0 Å². The van der Waals surface area contributed by atoms with Gasteiger partial charge in [-0.2, -0.15) is 0 Å². The fourth-order valence-corrected chi connectivity index (χ4v) is 2.88. The van der Waals surface area contributed by atoms with Crippen LogP contribution in [0.3, 0.4) is 0 Å². The molecule has 1 aromatic carbocycles. The number of sulfonamides is 1. The molecular weight excluding hydrogens is 270 g/mol. The molecule has 19 heavy (non-hydrogen) atoms. The molecule has 0 amide bonds. The standard InChI is InChI=1S/C12H15NO5S/c14-12(15)8-13-19(16,17)6-4-9-1-2-11-10(7-9)3-5-18-11/h1-2,7,13H,3-6,8H2,(H,14,15). The number of carboxylic acids is 1. The first kappa shape index (κ1) is 13.8. The third-order valence-corrected chi connectivity index (χ3v) is 4.18. The van der Waals surface area contributed by atoms with Crippen LogP contribution in [-0.4, -0.2) is 38.4 Å². The van der Waals surface area contributed by atoms with E-state index in [-0.39, 0.29) is 5.75 Å². The van der Waals surface area contributed by atoms with E-state index < -0.39 is 22.5 Å². The Bertz CT molecular complexity index is 582. The van der Waals surface area contributed by atoms with Gasteiger partial charge in [0.2, 0.25) is 10.0 Å². The summed E-state index contributed by atoms with van der Waals surface area (Å²) in [5, 5.41) is 8.43. The molecule has 0 aromatic heterocycles. The van der Waals surface area contributed by atoms with Crippen LogP contribution in [0.4, 0.5) is 0 Å². The first-order valence-corrected chi connectivity index (χ1v) is 7.55. The van der Waals surface area contributed by atoms with E-state index in [4.69, 9.17) is 9.84 Å². The minimum atomic E-state index is -3.55. The molecular formula is C12H15NO5S. The number of benzene rings is 1. The van der Waals surface area contributed by atoms with Crippen LogP contribution in [0.15, 0.2) is 18.2 Å². The topological polar surface area (TPSA) is 92.7 Å². The molecule has 1 heterocycles. The van der Waals surface area contributed by atoms with Gasteiger partial charge in [0, 0.05) is 6.42 Å². The number of aliphatic carboxylic acids is 1. The number of carboxylic acid groups (broad SMARTS) is 1. The van der Waals surface area contributed by atoms with E-state index in [0.29, 0.717) is 13.0 Å². The van der Waals surface area contributed by atoms with Gasteiger partial charge in [-0.1, -0.05) is 12.1 Å². The second-order valence-corrected chi connectivity index (χ2v) is 6.25. The molecule has 7 heteroatoms.